The van der Waals surface area contributed by atoms with Gasteiger partial charge in [0.15, 0.2) is 0 Å². The smallest absolute Gasteiger partial charge is 0.143 e. The minimum atomic E-state index is 0.0425. The normalized spacial score (nSPS) is 11.1. The Balaban J connectivity index is 2.26. The van der Waals surface area contributed by atoms with Crippen LogP contribution in [-0.4, -0.2) is 21.3 Å². The predicted molar refractivity (Wildman–Crippen MR) is 81.7 cm³/mol. The highest BCUT2D eigenvalue weighted by molar-refractivity contribution is 6.31. The zero-order valence-electron chi connectivity index (χ0n) is 10.8. The molecule has 0 amide bonds. The minimum Gasteiger partial charge on any atom is -0.398 e. The Morgan fingerprint density at radius 3 is 2.75 bits per heavy atom. The first-order valence-electron chi connectivity index (χ1n) is 6.32. The van der Waals surface area contributed by atoms with Gasteiger partial charge in [0, 0.05) is 22.8 Å². The highest BCUT2D eigenvalue weighted by Crippen LogP contribution is 2.30. The monoisotopic (exact) mass is 287 g/mol. The number of nitrogen functional groups attached to an aromatic ring is 1. The van der Waals surface area contributed by atoms with E-state index in [2.05, 4.69) is 4.98 Å². The average molecular weight is 288 g/mol. The molecule has 1 aromatic heterocycles. The van der Waals surface area contributed by atoms with E-state index in [1.807, 2.05) is 34.9 Å². The van der Waals surface area contributed by atoms with Crippen LogP contribution in [0.5, 0.6) is 0 Å². The highest BCUT2D eigenvalue weighted by Gasteiger charge is 2.14. The van der Waals surface area contributed by atoms with Gasteiger partial charge >= 0.3 is 0 Å². The Bertz CT molecular complexity index is 767. The van der Waals surface area contributed by atoms with Gasteiger partial charge in [0.05, 0.1) is 17.6 Å². The highest BCUT2D eigenvalue weighted by atomic mass is 35.5. The van der Waals surface area contributed by atoms with Crippen LogP contribution in [0.2, 0.25) is 5.02 Å². The van der Waals surface area contributed by atoms with Crippen molar-refractivity contribution in [3.05, 3.63) is 47.5 Å². The number of para-hydroxylation sites is 2. The molecule has 0 atom stereocenters. The maximum absolute atomic E-state index is 9.28. The summed E-state index contributed by atoms with van der Waals surface area (Å²) >= 11 is 5.94. The lowest BCUT2D eigenvalue weighted by molar-refractivity contribution is 0.278. The fourth-order valence-corrected chi connectivity index (χ4v) is 2.53. The Morgan fingerprint density at radius 1 is 1.20 bits per heavy atom. The Hall–Kier alpha value is -2.04. The second kappa shape index (κ2) is 5.15. The van der Waals surface area contributed by atoms with E-state index in [9.17, 15) is 5.11 Å². The van der Waals surface area contributed by atoms with Crippen LogP contribution >= 0.6 is 11.6 Å². The molecule has 102 valence electrons. The molecule has 0 unspecified atom stereocenters. The van der Waals surface area contributed by atoms with Crippen LogP contribution in [0, 0.1) is 0 Å². The van der Waals surface area contributed by atoms with E-state index >= 15 is 0 Å². The van der Waals surface area contributed by atoms with Gasteiger partial charge in [-0.15, -0.1) is 0 Å². The van der Waals surface area contributed by atoms with Gasteiger partial charge in [-0.1, -0.05) is 23.7 Å². The zero-order chi connectivity index (χ0) is 14.1. The van der Waals surface area contributed by atoms with Crippen molar-refractivity contribution in [2.24, 2.45) is 0 Å². The van der Waals surface area contributed by atoms with Gasteiger partial charge in [0.1, 0.15) is 5.82 Å². The minimum absolute atomic E-state index is 0.0425. The standard InChI is InChI=1S/C15H14ClN3O/c16-10-5-6-11(12(17)9-10)15-18-13-3-1-2-4-14(13)19(15)7-8-20/h1-6,9,20H,7-8,17H2. The maximum Gasteiger partial charge on any atom is 0.143 e. The molecule has 2 aromatic carbocycles. The van der Waals surface area contributed by atoms with E-state index < -0.39 is 0 Å². The summed E-state index contributed by atoms with van der Waals surface area (Å²) in [5, 5.41) is 9.87. The summed E-state index contributed by atoms with van der Waals surface area (Å²) in [4.78, 5) is 4.62. The van der Waals surface area contributed by atoms with Gasteiger partial charge in [0.2, 0.25) is 0 Å². The molecule has 0 saturated carbocycles. The number of nitrogens with zero attached hydrogens (tertiary/aromatic N) is 2. The average Bonchev–Trinajstić information content (AvgIpc) is 2.78. The molecule has 20 heavy (non-hydrogen) atoms. The van der Waals surface area contributed by atoms with Crippen LogP contribution in [0.25, 0.3) is 22.4 Å². The third-order valence-corrected chi connectivity index (χ3v) is 3.47. The number of fused-ring (bicyclic) bond motifs is 1. The maximum atomic E-state index is 9.28. The molecule has 4 nitrogen and oxygen atoms in total. The van der Waals surface area contributed by atoms with E-state index in [0.29, 0.717) is 17.3 Å². The first-order valence-corrected chi connectivity index (χ1v) is 6.70. The number of benzene rings is 2. The van der Waals surface area contributed by atoms with E-state index in [-0.39, 0.29) is 6.61 Å². The van der Waals surface area contributed by atoms with Crippen LogP contribution < -0.4 is 5.73 Å². The molecular formula is C15H14ClN3O. The lowest BCUT2D eigenvalue weighted by Gasteiger charge is -2.09. The third kappa shape index (κ3) is 2.13. The van der Waals surface area contributed by atoms with Crippen LogP contribution in [-0.2, 0) is 6.54 Å². The Kier molecular flexibility index (Phi) is 3.34. The van der Waals surface area contributed by atoms with Crippen molar-refractivity contribution in [2.75, 3.05) is 12.3 Å². The molecule has 3 rings (SSSR count). The van der Waals surface area contributed by atoms with Crippen LogP contribution in [0.1, 0.15) is 0 Å². The number of aliphatic hydroxyl groups is 1. The number of halogens is 1. The van der Waals surface area contributed by atoms with Crippen LogP contribution in [0.3, 0.4) is 0 Å². The molecule has 3 N–H and O–H groups in total. The van der Waals surface area contributed by atoms with E-state index in [1.54, 1.807) is 12.1 Å². The number of aliphatic hydroxyl groups excluding tert-OH is 1. The van der Waals surface area contributed by atoms with Crippen molar-refractivity contribution in [3.63, 3.8) is 0 Å². The number of aromatic nitrogens is 2. The number of rotatable bonds is 3. The molecule has 1 heterocycles. The van der Waals surface area contributed by atoms with Crippen molar-refractivity contribution < 1.29 is 5.11 Å². The SMILES string of the molecule is Nc1cc(Cl)ccc1-c1nc2ccccc2n1CCO. The number of anilines is 1. The topological polar surface area (TPSA) is 64.1 Å². The summed E-state index contributed by atoms with van der Waals surface area (Å²) in [7, 11) is 0. The Labute approximate surface area is 121 Å². The fourth-order valence-electron chi connectivity index (χ4n) is 2.34. The van der Waals surface area contributed by atoms with E-state index in [1.165, 1.54) is 0 Å². The number of nitrogens with two attached hydrogens (primary N) is 1. The summed E-state index contributed by atoms with van der Waals surface area (Å²) in [6.07, 6.45) is 0. The van der Waals surface area contributed by atoms with E-state index in [4.69, 9.17) is 17.3 Å². The molecule has 3 aromatic rings. The summed E-state index contributed by atoms with van der Waals surface area (Å²) in [5.74, 6) is 0.745. The van der Waals surface area contributed by atoms with Crippen LogP contribution in [0.4, 0.5) is 5.69 Å². The molecule has 0 aliphatic rings. The fraction of sp³-hybridized carbons (Fsp3) is 0.133. The van der Waals surface area contributed by atoms with Crippen molar-refractivity contribution in [1.29, 1.82) is 0 Å². The quantitative estimate of drug-likeness (QED) is 0.728. The lowest BCUT2D eigenvalue weighted by atomic mass is 10.1. The predicted octanol–water partition coefficient (Wildman–Crippen LogP) is 2.93. The molecule has 0 bridgehead atoms. The van der Waals surface area contributed by atoms with Gasteiger partial charge in [-0.2, -0.15) is 0 Å². The van der Waals surface area contributed by atoms with Gasteiger partial charge in [-0.3, -0.25) is 0 Å². The second-order valence-corrected chi connectivity index (χ2v) is 4.97. The van der Waals surface area contributed by atoms with Gasteiger partial charge in [0.25, 0.3) is 0 Å². The summed E-state index contributed by atoms with van der Waals surface area (Å²) in [6.45, 7) is 0.513. The third-order valence-electron chi connectivity index (χ3n) is 3.23. The molecular weight excluding hydrogens is 274 g/mol. The molecule has 0 aliphatic carbocycles. The molecule has 0 saturated heterocycles. The molecule has 0 radical (unpaired) electrons. The molecule has 0 aliphatic heterocycles. The van der Waals surface area contributed by atoms with Crippen molar-refractivity contribution >= 4 is 28.3 Å². The van der Waals surface area contributed by atoms with E-state index in [0.717, 1.165) is 22.4 Å². The van der Waals surface area contributed by atoms with Crippen molar-refractivity contribution in [1.82, 2.24) is 9.55 Å². The largest absolute Gasteiger partial charge is 0.398 e. The number of hydrogen-bond donors (Lipinski definition) is 2. The van der Waals surface area contributed by atoms with Crippen molar-refractivity contribution in [3.8, 4) is 11.4 Å². The first-order chi connectivity index (χ1) is 9.70. The van der Waals surface area contributed by atoms with Gasteiger partial charge in [-0.05, 0) is 30.3 Å². The summed E-state index contributed by atoms with van der Waals surface area (Å²) in [5.41, 5.74) is 9.29. The number of imidazole rings is 1. The lowest BCUT2D eigenvalue weighted by Crippen LogP contribution is -2.05. The zero-order valence-corrected chi connectivity index (χ0v) is 11.5. The number of hydrogen-bond acceptors (Lipinski definition) is 3. The molecule has 5 heteroatoms. The van der Waals surface area contributed by atoms with Gasteiger partial charge in [-0.25, -0.2) is 4.98 Å². The Morgan fingerprint density at radius 2 is 2.00 bits per heavy atom. The van der Waals surface area contributed by atoms with Gasteiger partial charge < -0.3 is 15.4 Å². The van der Waals surface area contributed by atoms with Crippen molar-refractivity contribution in [2.45, 2.75) is 6.54 Å². The molecule has 0 spiro atoms. The second-order valence-electron chi connectivity index (χ2n) is 4.53. The summed E-state index contributed by atoms with van der Waals surface area (Å²) < 4.78 is 1.97. The summed E-state index contributed by atoms with van der Waals surface area (Å²) in [6, 6.07) is 13.2. The first kappa shape index (κ1) is 13.0. The molecule has 0 fully saturated rings. The van der Waals surface area contributed by atoms with Crippen LogP contribution in [0.15, 0.2) is 42.5 Å².